The second-order valence-corrected chi connectivity index (χ2v) is 4.99. The van der Waals surface area contributed by atoms with Crippen molar-refractivity contribution in [1.82, 2.24) is 15.3 Å². The van der Waals surface area contributed by atoms with E-state index in [-0.39, 0.29) is 18.5 Å². The molecule has 0 spiro atoms. The van der Waals surface area contributed by atoms with E-state index < -0.39 is 0 Å². The summed E-state index contributed by atoms with van der Waals surface area (Å²) in [6, 6.07) is 0.143. The molecule has 112 valence electrons. The van der Waals surface area contributed by atoms with Gasteiger partial charge in [0.2, 0.25) is 5.91 Å². The molecule has 0 fully saturated rings. The topological polar surface area (TPSA) is 70.2 Å². The highest BCUT2D eigenvalue weighted by molar-refractivity contribution is 5.81. The van der Waals surface area contributed by atoms with Gasteiger partial charge in [-0.2, -0.15) is 0 Å². The Morgan fingerprint density at radius 1 is 1.35 bits per heavy atom. The molecule has 0 aliphatic rings. The molecule has 0 aromatic carbocycles. The number of amides is 1. The fourth-order valence-corrected chi connectivity index (χ4v) is 2.04. The molecule has 0 saturated carbocycles. The van der Waals surface area contributed by atoms with E-state index in [0.29, 0.717) is 0 Å². The smallest absolute Gasteiger partial charge is 0.239 e. The summed E-state index contributed by atoms with van der Waals surface area (Å²) in [4.78, 5) is 22.3. The lowest BCUT2D eigenvalue weighted by atomic mass is 10.2. The molecule has 1 rings (SSSR count). The predicted octanol–water partition coefficient (Wildman–Crippen LogP) is 1.43. The van der Waals surface area contributed by atoms with Crippen molar-refractivity contribution in [2.45, 2.75) is 40.2 Å². The lowest BCUT2D eigenvalue weighted by Gasteiger charge is -2.22. The number of nitrogens with zero attached hydrogens (tertiary/aromatic N) is 3. The van der Waals surface area contributed by atoms with Crippen molar-refractivity contribution < 1.29 is 4.79 Å². The zero-order chi connectivity index (χ0) is 15.1. The summed E-state index contributed by atoms with van der Waals surface area (Å²) in [5.41, 5.74) is 1.04. The Kier molecular flexibility index (Phi) is 6.21. The zero-order valence-corrected chi connectivity index (χ0v) is 13.0. The van der Waals surface area contributed by atoms with Gasteiger partial charge in [0.1, 0.15) is 18.0 Å². The SMILES string of the molecule is CCNc1ncnc(N(C)CC(=O)NC(C)C)c1CC. The number of carbonyl (C=O) groups excluding carboxylic acids is 1. The first-order chi connectivity index (χ1) is 9.49. The minimum Gasteiger partial charge on any atom is -0.370 e. The van der Waals surface area contributed by atoms with Crippen molar-refractivity contribution in [3.8, 4) is 0 Å². The summed E-state index contributed by atoms with van der Waals surface area (Å²) >= 11 is 0. The summed E-state index contributed by atoms with van der Waals surface area (Å²) in [6.45, 7) is 9.08. The van der Waals surface area contributed by atoms with Crippen LogP contribution in [-0.4, -0.2) is 42.1 Å². The molecule has 0 bridgehead atoms. The number of likely N-dealkylation sites (N-methyl/N-ethyl adjacent to an activating group) is 1. The van der Waals surface area contributed by atoms with Crippen LogP contribution in [0.4, 0.5) is 11.6 Å². The molecule has 6 nitrogen and oxygen atoms in total. The summed E-state index contributed by atoms with van der Waals surface area (Å²) < 4.78 is 0. The standard InChI is InChI=1S/C14H25N5O/c1-6-11-13(15-7-2)16-9-17-14(11)19(5)8-12(20)18-10(3)4/h9-10H,6-8H2,1-5H3,(H,18,20)(H,15,16,17). The Bertz CT molecular complexity index is 447. The Balaban J connectivity index is 2.89. The number of nitrogens with one attached hydrogen (secondary N) is 2. The van der Waals surface area contributed by atoms with Crippen molar-refractivity contribution >= 4 is 17.5 Å². The molecular weight excluding hydrogens is 254 g/mol. The van der Waals surface area contributed by atoms with Crippen molar-refractivity contribution in [2.75, 3.05) is 30.4 Å². The molecule has 1 aromatic rings. The highest BCUT2D eigenvalue weighted by atomic mass is 16.2. The van der Waals surface area contributed by atoms with Crippen LogP contribution in [0, 0.1) is 0 Å². The second-order valence-electron chi connectivity index (χ2n) is 4.99. The highest BCUT2D eigenvalue weighted by Gasteiger charge is 2.15. The van der Waals surface area contributed by atoms with Gasteiger partial charge in [-0.15, -0.1) is 0 Å². The van der Waals surface area contributed by atoms with Crippen molar-refractivity contribution in [3.05, 3.63) is 11.9 Å². The minimum atomic E-state index is -0.00633. The van der Waals surface area contributed by atoms with Crippen LogP contribution in [0.15, 0.2) is 6.33 Å². The summed E-state index contributed by atoms with van der Waals surface area (Å²) in [6.07, 6.45) is 2.35. The van der Waals surface area contributed by atoms with E-state index in [9.17, 15) is 4.79 Å². The average Bonchev–Trinajstić information content (AvgIpc) is 2.37. The third kappa shape index (κ3) is 4.36. The summed E-state index contributed by atoms with van der Waals surface area (Å²) in [5.74, 6) is 1.64. The first kappa shape index (κ1) is 16.2. The summed E-state index contributed by atoms with van der Waals surface area (Å²) in [5, 5.41) is 6.11. The van der Waals surface area contributed by atoms with Crippen LogP contribution in [0.2, 0.25) is 0 Å². The number of hydrogen-bond donors (Lipinski definition) is 2. The number of anilines is 2. The molecular formula is C14H25N5O. The van der Waals surface area contributed by atoms with E-state index in [1.807, 2.05) is 32.7 Å². The van der Waals surface area contributed by atoms with Crippen LogP contribution in [-0.2, 0) is 11.2 Å². The molecule has 0 aliphatic carbocycles. The van der Waals surface area contributed by atoms with Crippen LogP contribution in [0.5, 0.6) is 0 Å². The van der Waals surface area contributed by atoms with Gasteiger partial charge in [-0.1, -0.05) is 6.92 Å². The molecule has 6 heteroatoms. The van der Waals surface area contributed by atoms with Gasteiger partial charge in [0.05, 0.1) is 6.54 Å². The monoisotopic (exact) mass is 279 g/mol. The minimum absolute atomic E-state index is 0.00633. The van der Waals surface area contributed by atoms with Gasteiger partial charge in [-0.25, -0.2) is 9.97 Å². The number of rotatable bonds is 7. The van der Waals surface area contributed by atoms with Crippen LogP contribution in [0.1, 0.15) is 33.3 Å². The van der Waals surface area contributed by atoms with E-state index in [2.05, 4.69) is 27.5 Å². The molecule has 0 radical (unpaired) electrons. The molecule has 1 heterocycles. The van der Waals surface area contributed by atoms with Gasteiger partial charge in [-0.05, 0) is 27.2 Å². The Morgan fingerprint density at radius 2 is 2.05 bits per heavy atom. The van der Waals surface area contributed by atoms with Crippen molar-refractivity contribution in [1.29, 1.82) is 0 Å². The van der Waals surface area contributed by atoms with Gasteiger partial charge in [0.15, 0.2) is 0 Å². The molecule has 1 amide bonds. The fourth-order valence-electron chi connectivity index (χ4n) is 2.04. The molecule has 0 unspecified atom stereocenters. The third-order valence-corrected chi connectivity index (χ3v) is 2.81. The van der Waals surface area contributed by atoms with Crippen molar-refractivity contribution in [2.24, 2.45) is 0 Å². The maximum absolute atomic E-state index is 11.8. The Morgan fingerprint density at radius 3 is 2.60 bits per heavy atom. The summed E-state index contributed by atoms with van der Waals surface area (Å²) in [7, 11) is 1.87. The largest absolute Gasteiger partial charge is 0.370 e. The van der Waals surface area contributed by atoms with E-state index in [1.165, 1.54) is 6.33 Å². The number of carbonyl (C=O) groups is 1. The molecule has 2 N–H and O–H groups in total. The Labute approximate surface area is 121 Å². The average molecular weight is 279 g/mol. The lowest BCUT2D eigenvalue weighted by molar-refractivity contribution is -0.120. The van der Waals surface area contributed by atoms with Gasteiger partial charge in [0.25, 0.3) is 0 Å². The highest BCUT2D eigenvalue weighted by Crippen LogP contribution is 2.22. The second kappa shape index (κ2) is 7.67. The normalized spacial score (nSPS) is 10.5. The van der Waals surface area contributed by atoms with E-state index in [4.69, 9.17) is 0 Å². The van der Waals surface area contributed by atoms with E-state index in [0.717, 1.165) is 30.2 Å². The van der Waals surface area contributed by atoms with Crippen LogP contribution < -0.4 is 15.5 Å². The van der Waals surface area contributed by atoms with Gasteiger partial charge in [-0.3, -0.25) is 4.79 Å². The predicted molar refractivity (Wildman–Crippen MR) is 82.1 cm³/mol. The first-order valence-corrected chi connectivity index (χ1v) is 7.07. The maximum atomic E-state index is 11.8. The molecule has 0 aliphatic heterocycles. The van der Waals surface area contributed by atoms with Gasteiger partial charge in [0, 0.05) is 25.2 Å². The van der Waals surface area contributed by atoms with Crippen LogP contribution in [0.3, 0.4) is 0 Å². The first-order valence-electron chi connectivity index (χ1n) is 7.07. The van der Waals surface area contributed by atoms with Crippen LogP contribution in [0.25, 0.3) is 0 Å². The van der Waals surface area contributed by atoms with E-state index in [1.54, 1.807) is 0 Å². The number of hydrogen-bond acceptors (Lipinski definition) is 5. The molecule has 0 atom stereocenters. The molecule has 20 heavy (non-hydrogen) atoms. The van der Waals surface area contributed by atoms with E-state index >= 15 is 0 Å². The lowest BCUT2D eigenvalue weighted by Crippen LogP contribution is -2.39. The van der Waals surface area contributed by atoms with Gasteiger partial charge >= 0.3 is 0 Å². The fraction of sp³-hybridized carbons (Fsp3) is 0.643. The zero-order valence-electron chi connectivity index (χ0n) is 13.0. The molecule has 1 aromatic heterocycles. The quantitative estimate of drug-likeness (QED) is 0.790. The molecule has 0 saturated heterocycles. The Hall–Kier alpha value is -1.85. The maximum Gasteiger partial charge on any atom is 0.239 e. The van der Waals surface area contributed by atoms with Gasteiger partial charge < -0.3 is 15.5 Å². The van der Waals surface area contributed by atoms with Crippen LogP contribution >= 0.6 is 0 Å². The third-order valence-electron chi connectivity index (χ3n) is 2.81. The van der Waals surface area contributed by atoms with Crippen molar-refractivity contribution in [3.63, 3.8) is 0 Å². The number of aromatic nitrogens is 2.